The fourth-order valence-corrected chi connectivity index (χ4v) is 2.06. The lowest BCUT2D eigenvalue weighted by Gasteiger charge is -2.15. The number of carboxylic acids is 1. The second-order valence-electron chi connectivity index (χ2n) is 5.24. The molecule has 0 fully saturated rings. The number of anilines is 1. The van der Waals surface area contributed by atoms with Crippen molar-refractivity contribution < 1.29 is 9.90 Å². The van der Waals surface area contributed by atoms with Crippen LogP contribution in [0.5, 0.6) is 0 Å². The van der Waals surface area contributed by atoms with E-state index in [2.05, 4.69) is 31.1 Å². The molecule has 0 aliphatic rings. The van der Waals surface area contributed by atoms with E-state index in [0.717, 1.165) is 12.8 Å². The van der Waals surface area contributed by atoms with E-state index in [9.17, 15) is 4.79 Å². The molecule has 1 atom stereocenters. The maximum Gasteiger partial charge on any atom is 0.335 e. The third kappa shape index (κ3) is 5.92. The number of hydrogen-bond acceptors (Lipinski definition) is 3. The van der Waals surface area contributed by atoms with E-state index < -0.39 is 5.97 Å². The third-order valence-corrected chi connectivity index (χ3v) is 3.05. The Kier molecular flexibility index (Phi) is 6.09. The lowest BCUT2D eigenvalue weighted by Crippen LogP contribution is -2.16. The van der Waals surface area contributed by atoms with Crippen molar-refractivity contribution in [2.45, 2.75) is 46.1 Å². The van der Waals surface area contributed by atoms with E-state index in [4.69, 9.17) is 16.7 Å². The topological polar surface area (TPSA) is 62.2 Å². The van der Waals surface area contributed by atoms with Crippen molar-refractivity contribution in [3.8, 4) is 0 Å². The molecule has 19 heavy (non-hydrogen) atoms. The number of carboxylic acid groups (broad SMARTS) is 1. The van der Waals surface area contributed by atoms with Gasteiger partial charge >= 0.3 is 5.97 Å². The molecule has 2 N–H and O–H groups in total. The summed E-state index contributed by atoms with van der Waals surface area (Å²) in [6.07, 6.45) is 3.35. The van der Waals surface area contributed by atoms with Crippen LogP contribution in [0.4, 0.5) is 5.82 Å². The second-order valence-corrected chi connectivity index (χ2v) is 5.63. The summed E-state index contributed by atoms with van der Waals surface area (Å²) in [5.74, 6) is 0.219. The Bertz CT molecular complexity index is 435. The molecule has 0 bridgehead atoms. The van der Waals surface area contributed by atoms with Crippen molar-refractivity contribution >= 4 is 23.4 Å². The molecule has 4 nitrogen and oxygen atoms in total. The van der Waals surface area contributed by atoms with Gasteiger partial charge in [0.1, 0.15) is 11.0 Å². The van der Waals surface area contributed by atoms with Gasteiger partial charge in [0.2, 0.25) is 0 Å². The number of rotatable bonds is 7. The molecule has 0 radical (unpaired) electrons. The van der Waals surface area contributed by atoms with Gasteiger partial charge in [0.05, 0.1) is 5.56 Å². The van der Waals surface area contributed by atoms with Crippen LogP contribution in [0.25, 0.3) is 0 Å². The molecule has 0 amide bonds. The van der Waals surface area contributed by atoms with E-state index in [0.29, 0.717) is 11.7 Å². The normalized spacial score (nSPS) is 12.5. The van der Waals surface area contributed by atoms with Crippen LogP contribution in [0, 0.1) is 5.92 Å². The minimum Gasteiger partial charge on any atom is -0.478 e. The summed E-state index contributed by atoms with van der Waals surface area (Å²) in [5.41, 5.74) is 0.150. The highest BCUT2D eigenvalue weighted by Gasteiger charge is 2.09. The molecule has 1 rings (SSSR count). The Balaban J connectivity index is 2.58. The van der Waals surface area contributed by atoms with E-state index in [1.807, 2.05) is 0 Å². The van der Waals surface area contributed by atoms with Crippen LogP contribution in [-0.2, 0) is 0 Å². The van der Waals surface area contributed by atoms with Crippen LogP contribution in [0.1, 0.15) is 50.4 Å². The number of aromatic carboxylic acids is 1. The van der Waals surface area contributed by atoms with Gasteiger partial charge in [0, 0.05) is 6.04 Å². The van der Waals surface area contributed by atoms with Gasteiger partial charge in [-0.25, -0.2) is 9.78 Å². The van der Waals surface area contributed by atoms with Crippen LogP contribution >= 0.6 is 11.6 Å². The highest BCUT2D eigenvalue weighted by molar-refractivity contribution is 6.29. The summed E-state index contributed by atoms with van der Waals surface area (Å²) in [5, 5.41) is 12.3. The first-order valence-corrected chi connectivity index (χ1v) is 6.93. The molecule has 106 valence electrons. The van der Waals surface area contributed by atoms with Crippen LogP contribution < -0.4 is 5.32 Å². The lowest BCUT2D eigenvalue weighted by atomic mass is 10.0. The van der Waals surface area contributed by atoms with Crippen LogP contribution in [0.2, 0.25) is 5.15 Å². The molecule has 0 aromatic carbocycles. The first-order chi connectivity index (χ1) is 8.88. The van der Waals surface area contributed by atoms with Crippen molar-refractivity contribution in [1.29, 1.82) is 0 Å². The lowest BCUT2D eigenvalue weighted by molar-refractivity contribution is 0.0697. The Hall–Kier alpha value is -1.29. The summed E-state index contributed by atoms with van der Waals surface area (Å²) in [6.45, 7) is 6.47. The van der Waals surface area contributed by atoms with Gasteiger partial charge < -0.3 is 10.4 Å². The fraction of sp³-hybridized carbons (Fsp3) is 0.571. The Morgan fingerprint density at radius 1 is 1.37 bits per heavy atom. The second kappa shape index (κ2) is 7.34. The highest BCUT2D eigenvalue weighted by Crippen LogP contribution is 2.17. The first-order valence-electron chi connectivity index (χ1n) is 6.56. The van der Waals surface area contributed by atoms with Crippen LogP contribution in [-0.4, -0.2) is 22.1 Å². The third-order valence-electron chi connectivity index (χ3n) is 2.85. The van der Waals surface area contributed by atoms with E-state index >= 15 is 0 Å². The quantitative estimate of drug-likeness (QED) is 0.741. The summed E-state index contributed by atoms with van der Waals surface area (Å²) in [7, 11) is 0. The van der Waals surface area contributed by atoms with Gasteiger partial charge in [-0.05, 0) is 31.4 Å². The molecule has 5 heteroatoms. The number of nitrogens with zero attached hydrogens (tertiary/aromatic N) is 1. The van der Waals surface area contributed by atoms with Crippen molar-refractivity contribution in [3.63, 3.8) is 0 Å². The number of hydrogen-bond donors (Lipinski definition) is 2. The van der Waals surface area contributed by atoms with Gasteiger partial charge in [0.25, 0.3) is 0 Å². The minimum absolute atomic E-state index is 0.150. The van der Waals surface area contributed by atoms with Crippen molar-refractivity contribution in [2.75, 3.05) is 5.32 Å². The average Bonchev–Trinajstić information content (AvgIpc) is 2.27. The Morgan fingerprint density at radius 2 is 2.05 bits per heavy atom. The number of pyridine rings is 1. The molecule has 0 saturated carbocycles. The van der Waals surface area contributed by atoms with Gasteiger partial charge in [0.15, 0.2) is 0 Å². The maximum atomic E-state index is 10.9. The van der Waals surface area contributed by atoms with Crippen LogP contribution in [0.3, 0.4) is 0 Å². The molecule has 0 saturated heterocycles. The predicted molar refractivity (Wildman–Crippen MR) is 78.0 cm³/mol. The van der Waals surface area contributed by atoms with E-state index in [1.165, 1.54) is 18.6 Å². The zero-order valence-corrected chi connectivity index (χ0v) is 12.4. The summed E-state index contributed by atoms with van der Waals surface area (Å²) in [6, 6.07) is 3.09. The zero-order valence-electron chi connectivity index (χ0n) is 11.6. The molecule has 1 heterocycles. The van der Waals surface area contributed by atoms with Gasteiger partial charge in [-0.15, -0.1) is 0 Å². The SMILES string of the molecule is CC(C)CCCC(C)Nc1cc(C(=O)O)cc(Cl)n1. The zero-order chi connectivity index (χ0) is 14.4. The first kappa shape index (κ1) is 15.8. The highest BCUT2D eigenvalue weighted by atomic mass is 35.5. The summed E-state index contributed by atoms with van der Waals surface area (Å²) >= 11 is 5.81. The monoisotopic (exact) mass is 284 g/mol. The van der Waals surface area contributed by atoms with Gasteiger partial charge in [-0.3, -0.25) is 0 Å². The van der Waals surface area contributed by atoms with Crippen molar-refractivity contribution in [3.05, 3.63) is 22.8 Å². The standard InChI is InChI=1S/C14H21ClN2O2/c1-9(2)5-4-6-10(3)16-13-8-11(14(18)19)7-12(15)17-13/h7-10H,4-6H2,1-3H3,(H,16,17)(H,18,19). The predicted octanol–water partition coefficient (Wildman–Crippen LogP) is 4.06. The molecule has 1 aromatic heterocycles. The van der Waals surface area contributed by atoms with Crippen molar-refractivity contribution in [2.24, 2.45) is 5.92 Å². The molecule has 0 aliphatic carbocycles. The largest absolute Gasteiger partial charge is 0.478 e. The minimum atomic E-state index is -1.00. The number of aromatic nitrogens is 1. The van der Waals surface area contributed by atoms with Crippen molar-refractivity contribution in [1.82, 2.24) is 4.98 Å². The Labute approximate surface area is 119 Å². The Morgan fingerprint density at radius 3 is 2.63 bits per heavy atom. The van der Waals surface area contributed by atoms with E-state index in [1.54, 1.807) is 0 Å². The number of halogens is 1. The summed E-state index contributed by atoms with van der Waals surface area (Å²) in [4.78, 5) is 15.0. The molecule has 0 aliphatic heterocycles. The van der Waals surface area contributed by atoms with Crippen LogP contribution in [0.15, 0.2) is 12.1 Å². The van der Waals surface area contributed by atoms with Gasteiger partial charge in [-0.1, -0.05) is 38.3 Å². The molecular formula is C14H21ClN2O2. The molecule has 0 spiro atoms. The number of carbonyl (C=O) groups is 1. The molecular weight excluding hydrogens is 264 g/mol. The summed E-state index contributed by atoms with van der Waals surface area (Å²) < 4.78 is 0. The fourth-order valence-electron chi connectivity index (χ4n) is 1.85. The molecule has 1 unspecified atom stereocenters. The maximum absolute atomic E-state index is 10.9. The molecule has 1 aromatic rings. The average molecular weight is 285 g/mol. The van der Waals surface area contributed by atoms with Gasteiger partial charge in [-0.2, -0.15) is 0 Å². The smallest absolute Gasteiger partial charge is 0.335 e. The van der Waals surface area contributed by atoms with E-state index in [-0.39, 0.29) is 16.8 Å². The number of nitrogens with one attached hydrogen (secondary N) is 1.